The predicted octanol–water partition coefficient (Wildman–Crippen LogP) is 5.45. The molecule has 4 aromatic rings. The maximum Gasteiger partial charge on any atom is 0.341 e. The smallest absolute Gasteiger partial charge is 0.341 e. The molecule has 0 bridgehead atoms. The Morgan fingerprint density at radius 1 is 1.05 bits per heavy atom. The van der Waals surface area contributed by atoms with Crippen molar-refractivity contribution in [1.29, 1.82) is 0 Å². The van der Waals surface area contributed by atoms with Gasteiger partial charge < -0.3 is 19.1 Å². The third-order valence-corrected chi connectivity index (χ3v) is 6.09. The van der Waals surface area contributed by atoms with E-state index >= 15 is 0 Å². The molecule has 188 valence electrons. The summed E-state index contributed by atoms with van der Waals surface area (Å²) in [6.07, 6.45) is 1.45. The summed E-state index contributed by atoms with van der Waals surface area (Å²) in [5.41, 5.74) is 7.80. The van der Waals surface area contributed by atoms with E-state index in [1.54, 1.807) is 24.3 Å². The Hall–Kier alpha value is -4.37. The van der Waals surface area contributed by atoms with Gasteiger partial charge in [-0.1, -0.05) is 30.3 Å². The van der Waals surface area contributed by atoms with E-state index < -0.39 is 12.6 Å². The van der Waals surface area contributed by atoms with E-state index in [0.29, 0.717) is 21.3 Å². The van der Waals surface area contributed by atoms with Crippen LogP contribution in [0.5, 0.6) is 11.5 Å². The minimum absolute atomic E-state index is 0.263. The summed E-state index contributed by atoms with van der Waals surface area (Å²) >= 11 is 3.35. The summed E-state index contributed by atoms with van der Waals surface area (Å²) < 4.78 is 13.2. The molecule has 0 spiro atoms. The number of hydrogen-bond acceptors (Lipinski definition) is 5. The van der Waals surface area contributed by atoms with Gasteiger partial charge in [0, 0.05) is 16.9 Å². The van der Waals surface area contributed by atoms with Crippen molar-refractivity contribution in [1.82, 2.24) is 9.99 Å². The van der Waals surface area contributed by atoms with E-state index in [-0.39, 0.29) is 11.7 Å². The van der Waals surface area contributed by atoms with Crippen LogP contribution in [0.25, 0.3) is 16.9 Å². The number of carboxylic acid groups (broad SMARTS) is 1. The molecule has 4 rings (SSSR count). The molecule has 0 saturated heterocycles. The Bertz CT molecular complexity index is 1450. The van der Waals surface area contributed by atoms with Gasteiger partial charge in [-0.3, -0.25) is 4.79 Å². The minimum Gasteiger partial charge on any atom is -0.493 e. The molecular formula is C28H24BrN3O5. The van der Waals surface area contributed by atoms with Crippen molar-refractivity contribution in [2.75, 3.05) is 13.7 Å². The van der Waals surface area contributed by atoms with E-state index in [4.69, 9.17) is 14.6 Å². The molecule has 0 saturated carbocycles. The summed E-state index contributed by atoms with van der Waals surface area (Å²) in [7, 11) is 1.44. The van der Waals surface area contributed by atoms with Crippen LogP contribution in [0.4, 0.5) is 0 Å². The first-order valence-corrected chi connectivity index (χ1v) is 12.1. The fourth-order valence-electron chi connectivity index (χ4n) is 3.80. The molecular weight excluding hydrogens is 538 g/mol. The standard InChI is InChI=1S/C28H24BrN3O5/c1-18-8-13-24(20-6-4-3-5-7-20)32(18)22-11-9-21(10-12-22)28(35)31-30-16-19-14-23(29)27(25(15-19)36-2)37-17-26(33)34/h3-16H,17H2,1-2H3,(H,31,35)(H,33,34)/b30-16+. The molecule has 8 nitrogen and oxygen atoms in total. The Labute approximate surface area is 222 Å². The van der Waals surface area contributed by atoms with Crippen LogP contribution >= 0.6 is 15.9 Å². The highest BCUT2D eigenvalue weighted by Crippen LogP contribution is 2.36. The lowest BCUT2D eigenvalue weighted by Gasteiger charge is -2.13. The highest BCUT2D eigenvalue weighted by molar-refractivity contribution is 9.10. The van der Waals surface area contributed by atoms with Crippen molar-refractivity contribution < 1.29 is 24.2 Å². The number of nitrogens with one attached hydrogen (secondary N) is 1. The molecule has 1 amide bonds. The Balaban J connectivity index is 1.46. The van der Waals surface area contributed by atoms with E-state index in [9.17, 15) is 9.59 Å². The molecule has 0 fully saturated rings. The summed E-state index contributed by atoms with van der Waals surface area (Å²) in [5, 5.41) is 12.9. The molecule has 0 atom stereocenters. The largest absolute Gasteiger partial charge is 0.493 e. The van der Waals surface area contributed by atoms with Crippen LogP contribution in [0.3, 0.4) is 0 Å². The van der Waals surface area contributed by atoms with Crippen LogP contribution in [-0.2, 0) is 4.79 Å². The second kappa shape index (κ2) is 11.6. The van der Waals surface area contributed by atoms with Crippen LogP contribution in [-0.4, -0.2) is 41.5 Å². The fraction of sp³-hybridized carbons (Fsp3) is 0.107. The summed E-state index contributed by atoms with van der Waals surface area (Å²) in [6.45, 7) is 1.54. The molecule has 1 aromatic heterocycles. The van der Waals surface area contributed by atoms with Gasteiger partial charge in [-0.15, -0.1) is 0 Å². The number of benzene rings is 3. The first-order chi connectivity index (χ1) is 17.9. The van der Waals surface area contributed by atoms with E-state index in [0.717, 1.165) is 22.6 Å². The van der Waals surface area contributed by atoms with Crippen LogP contribution < -0.4 is 14.9 Å². The first-order valence-electron chi connectivity index (χ1n) is 11.3. The van der Waals surface area contributed by atoms with Gasteiger partial charge in [-0.05, 0) is 82.5 Å². The zero-order chi connectivity index (χ0) is 26.4. The fourth-order valence-corrected chi connectivity index (χ4v) is 4.37. The number of nitrogens with zero attached hydrogens (tertiary/aromatic N) is 2. The monoisotopic (exact) mass is 561 g/mol. The van der Waals surface area contributed by atoms with E-state index in [2.05, 4.69) is 55.3 Å². The number of aliphatic carboxylic acids is 1. The number of aromatic nitrogens is 1. The predicted molar refractivity (Wildman–Crippen MR) is 145 cm³/mol. The number of aryl methyl sites for hydroxylation is 1. The van der Waals surface area contributed by atoms with Gasteiger partial charge in [0.2, 0.25) is 0 Å². The number of hydrogen-bond donors (Lipinski definition) is 2. The van der Waals surface area contributed by atoms with E-state index in [1.807, 2.05) is 37.3 Å². The molecule has 37 heavy (non-hydrogen) atoms. The van der Waals surface area contributed by atoms with Gasteiger partial charge >= 0.3 is 5.97 Å². The van der Waals surface area contributed by atoms with E-state index in [1.165, 1.54) is 13.3 Å². The number of hydrazone groups is 1. The molecule has 0 aliphatic carbocycles. The lowest BCUT2D eigenvalue weighted by molar-refractivity contribution is -0.139. The lowest BCUT2D eigenvalue weighted by atomic mass is 10.1. The molecule has 3 aromatic carbocycles. The number of methoxy groups -OCH3 is 1. The van der Waals surface area contributed by atoms with Gasteiger partial charge in [0.05, 0.1) is 23.5 Å². The molecule has 1 heterocycles. The Morgan fingerprint density at radius 3 is 2.46 bits per heavy atom. The second-order valence-corrected chi connectivity index (χ2v) is 8.88. The first kappa shape index (κ1) is 25.7. The minimum atomic E-state index is -1.10. The third kappa shape index (κ3) is 6.07. The van der Waals surface area contributed by atoms with Crippen molar-refractivity contribution in [3.63, 3.8) is 0 Å². The van der Waals surface area contributed by atoms with Gasteiger partial charge in [0.25, 0.3) is 5.91 Å². The second-order valence-electron chi connectivity index (χ2n) is 8.02. The molecule has 0 unspecified atom stereocenters. The van der Waals surface area contributed by atoms with Crippen molar-refractivity contribution in [3.05, 3.63) is 100 Å². The number of amides is 1. The quantitative estimate of drug-likeness (QED) is 0.209. The molecule has 9 heteroatoms. The summed E-state index contributed by atoms with van der Waals surface area (Å²) in [4.78, 5) is 23.4. The molecule has 0 aliphatic rings. The highest BCUT2D eigenvalue weighted by Gasteiger charge is 2.13. The van der Waals surface area contributed by atoms with Crippen LogP contribution in [0, 0.1) is 6.92 Å². The summed E-state index contributed by atoms with van der Waals surface area (Å²) in [6, 6.07) is 24.9. The number of rotatable bonds is 9. The van der Waals surface area contributed by atoms with Crippen LogP contribution in [0.2, 0.25) is 0 Å². The zero-order valence-electron chi connectivity index (χ0n) is 20.1. The molecule has 0 aliphatic heterocycles. The number of carbonyl (C=O) groups excluding carboxylic acids is 1. The third-order valence-electron chi connectivity index (χ3n) is 5.50. The molecule has 2 N–H and O–H groups in total. The maximum atomic E-state index is 12.6. The Morgan fingerprint density at radius 2 is 1.78 bits per heavy atom. The van der Waals surface area contributed by atoms with Gasteiger partial charge in [0.15, 0.2) is 18.1 Å². The number of carboxylic acids is 1. The van der Waals surface area contributed by atoms with Gasteiger partial charge in [0.1, 0.15) is 0 Å². The molecule has 0 radical (unpaired) electrons. The van der Waals surface area contributed by atoms with Crippen LogP contribution in [0.15, 0.2) is 88.4 Å². The number of carbonyl (C=O) groups is 2. The topological polar surface area (TPSA) is 102 Å². The van der Waals surface area contributed by atoms with Gasteiger partial charge in [-0.25, -0.2) is 10.2 Å². The Kier molecular flexibility index (Phi) is 8.05. The van der Waals surface area contributed by atoms with Crippen molar-refractivity contribution >= 4 is 34.0 Å². The van der Waals surface area contributed by atoms with Crippen molar-refractivity contribution in [2.24, 2.45) is 5.10 Å². The normalized spacial score (nSPS) is 10.9. The van der Waals surface area contributed by atoms with Gasteiger partial charge in [-0.2, -0.15) is 5.10 Å². The average Bonchev–Trinajstić information content (AvgIpc) is 3.29. The average molecular weight is 562 g/mol. The summed E-state index contributed by atoms with van der Waals surface area (Å²) in [5.74, 6) is -0.869. The highest BCUT2D eigenvalue weighted by atomic mass is 79.9. The van der Waals surface area contributed by atoms with Crippen molar-refractivity contribution in [3.8, 4) is 28.4 Å². The zero-order valence-corrected chi connectivity index (χ0v) is 21.7. The maximum absolute atomic E-state index is 12.6. The van der Waals surface area contributed by atoms with Crippen molar-refractivity contribution in [2.45, 2.75) is 6.92 Å². The number of ether oxygens (including phenoxy) is 2. The van der Waals surface area contributed by atoms with Crippen LogP contribution in [0.1, 0.15) is 21.6 Å². The number of halogens is 1. The lowest BCUT2D eigenvalue weighted by Crippen LogP contribution is -2.17. The SMILES string of the molecule is COc1cc(/C=N/NC(=O)c2ccc(-n3c(C)ccc3-c3ccccc3)cc2)cc(Br)c1OCC(=O)O.